The molecule has 0 N–H and O–H groups in total. The quantitative estimate of drug-likeness (QED) is 0.350. The van der Waals surface area contributed by atoms with Crippen molar-refractivity contribution in [3.05, 3.63) is 11.3 Å². The molecule has 0 amide bonds. The normalized spacial score (nSPS) is 19.6. The highest BCUT2D eigenvalue weighted by Crippen LogP contribution is 2.43. The molecule has 1 aliphatic rings. The number of rotatable bonds is 4. The Labute approximate surface area is 132 Å². The number of ether oxygens (including phenoxy) is 4. The molecule has 0 aliphatic heterocycles. The summed E-state index contributed by atoms with van der Waals surface area (Å²) in [6.07, 6.45) is -1.09. The first kappa shape index (κ1) is 18.5. The zero-order valence-corrected chi connectivity index (χ0v) is 13.2. The van der Waals surface area contributed by atoms with Crippen LogP contribution in [0.15, 0.2) is 11.3 Å². The van der Waals surface area contributed by atoms with Crippen LogP contribution in [0, 0.1) is 11.3 Å². The maximum atomic E-state index is 12.3. The topological polar surface area (TPSA) is 128 Å². The van der Waals surface area contributed by atoms with Crippen LogP contribution in [0.2, 0.25) is 0 Å². The van der Waals surface area contributed by atoms with E-state index in [0.717, 1.165) is 28.4 Å². The fraction of sp³-hybridized carbons (Fsp3) is 0.571. The van der Waals surface area contributed by atoms with Gasteiger partial charge in [-0.1, -0.05) is 0 Å². The fourth-order valence-corrected chi connectivity index (χ4v) is 2.53. The van der Waals surface area contributed by atoms with Gasteiger partial charge in [-0.3, -0.25) is 14.4 Å². The Morgan fingerprint density at radius 2 is 1.48 bits per heavy atom. The van der Waals surface area contributed by atoms with Gasteiger partial charge in [0.2, 0.25) is 0 Å². The molecule has 1 unspecified atom stereocenters. The molecule has 0 radical (unpaired) electrons. The summed E-state index contributed by atoms with van der Waals surface area (Å²) in [4.78, 5) is 48.0. The van der Waals surface area contributed by atoms with E-state index in [9.17, 15) is 24.3 Å². The van der Waals surface area contributed by atoms with Gasteiger partial charge in [-0.15, -0.1) is 5.76 Å². The van der Waals surface area contributed by atoms with E-state index in [4.69, 9.17) is 0 Å². The van der Waals surface area contributed by atoms with Crippen LogP contribution in [0.1, 0.15) is 12.8 Å². The van der Waals surface area contributed by atoms with Gasteiger partial charge in [-0.05, 0) is 6.42 Å². The van der Waals surface area contributed by atoms with Crippen molar-refractivity contribution in [3.63, 3.8) is 0 Å². The van der Waals surface area contributed by atoms with Crippen molar-refractivity contribution in [2.45, 2.75) is 12.8 Å². The van der Waals surface area contributed by atoms with Crippen molar-refractivity contribution >= 4 is 23.9 Å². The third-order valence-electron chi connectivity index (χ3n) is 3.71. The minimum Gasteiger partial charge on any atom is -0.875 e. The largest absolute Gasteiger partial charge is 0.875 e. The van der Waals surface area contributed by atoms with Gasteiger partial charge in [0, 0.05) is 12.0 Å². The first-order valence-corrected chi connectivity index (χ1v) is 6.52. The molecule has 1 rings (SSSR count). The van der Waals surface area contributed by atoms with Crippen LogP contribution in [0.3, 0.4) is 0 Å². The molecule has 9 heteroatoms. The fourth-order valence-electron chi connectivity index (χ4n) is 2.53. The second kappa shape index (κ2) is 7.12. The molecule has 9 nitrogen and oxygen atoms in total. The highest BCUT2D eigenvalue weighted by molar-refractivity contribution is 6.04. The Hall–Kier alpha value is -2.58. The third kappa shape index (κ3) is 3.13. The van der Waals surface area contributed by atoms with Crippen molar-refractivity contribution in [2.24, 2.45) is 11.3 Å². The van der Waals surface area contributed by atoms with Crippen molar-refractivity contribution in [2.75, 3.05) is 28.4 Å². The van der Waals surface area contributed by atoms with Crippen LogP contribution < -0.4 is 5.11 Å². The summed E-state index contributed by atoms with van der Waals surface area (Å²) in [6, 6.07) is 0. The molecular weight excluding hydrogens is 312 g/mol. The average molecular weight is 329 g/mol. The lowest BCUT2D eigenvalue weighted by Gasteiger charge is -2.39. The van der Waals surface area contributed by atoms with Gasteiger partial charge < -0.3 is 24.1 Å². The molecule has 23 heavy (non-hydrogen) atoms. The Balaban J connectivity index is 3.53. The smallest absolute Gasteiger partial charge is 0.332 e. The SMILES string of the molecule is COC(=O)C1=C([O-])C(C(=O)OC)CC(C(=O)OC)(C(=O)OC)C1. The van der Waals surface area contributed by atoms with Crippen LogP contribution in [0.4, 0.5) is 0 Å². The van der Waals surface area contributed by atoms with Gasteiger partial charge in [0.1, 0.15) is 0 Å². The predicted molar refractivity (Wildman–Crippen MR) is 70.2 cm³/mol. The van der Waals surface area contributed by atoms with E-state index in [1.807, 2.05) is 0 Å². The van der Waals surface area contributed by atoms with E-state index in [0.29, 0.717) is 0 Å². The Bertz CT molecular complexity index is 545. The molecule has 0 heterocycles. The molecule has 0 aromatic rings. The first-order chi connectivity index (χ1) is 10.8. The monoisotopic (exact) mass is 329 g/mol. The molecule has 1 atom stereocenters. The van der Waals surface area contributed by atoms with E-state index >= 15 is 0 Å². The van der Waals surface area contributed by atoms with Gasteiger partial charge >= 0.3 is 23.9 Å². The molecule has 128 valence electrons. The number of hydrogen-bond acceptors (Lipinski definition) is 9. The van der Waals surface area contributed by atoms with Crippen LogP contribution in [0.5, 0.6) is 0 Å². The molecule has 0 aromatic heterocycles. The average Bonchev–Trinajstić information content (AvgIpc) is 2.59. The van der Waals surface area contributed by atoms with E-state index < -0.39 is 59.4 Å². The van der Waals surface area contributed by atoms with E-state index in [1.165, 1.54) is 0 Å². The minimum absolute atomic E-state index is 0.495. The summed E-state index contributed by atoms with van der Waals surface area (Å²) in [7, 11) is 4.14. The van der Waals surface area contributed by atoms with Crippen LogP contribution >= 0.6 is 0 Å². The Kier molecular flexibility index (Phi) is 5.72. The van der Waals surface area contributed by atoms with Gasteiger partial charge in [-0.2, -0.15) is 0 Å². The lowest BCUT2D eigenvalue weighted by Crippen LogP contribution is -2.49. The van der Waals surface area contributed by atoms with Crippen LogP contribution in [-0.2, 0) is 38.1 Å². The van der Waals surface area contributed by atoms with E-state index in [2.05, 4.69) is 18.9 Å². The van der Waals surface area contributed by atoms with Gasteiger partial charge in [0.05, 0.1) is 34.4 Å². The molecule has 0 aromatic carbocycles. The van der Waals surface area contributed by atoms with E-state index in [1.54, 1.807) is 0 Å². The number of carbonyl (C=O) groups is 4. The second-order valence-corrected chi connectivity index (χ2v) is 4.86. The van der Waals surface area contributed by atoms with Crippen LogP contribution in [0.25, 0.3) is 0 Å². The maximum absolute atomic E-state index is 12.3. The zero-order valence-electron chi connectivity index (χ0n) is 13.2. The maximum Gasteiger partial charge on any atom is 0.332 e. The first-order valence-electron chi connectivity index (χ1n) is 6.52. The third-order valence-corrected chi connectivity index (χ3v) is 3.71. The number of methoxy groups -OCH3 is 4. The van der Waals surface area contributed by atoms with E-state index in [-0.39, 0.29) is 0 Å². The standard InChI is InChI=1S/C14H18O9/c1-20-10(16)7-5-14(12(18)22-3,13(19)23-4)6-8(9(7)15)11(17)21-2/h7,15H,5-6H2,1-4H3/p-1. The Morgan fingerprint density at radius 1 is 0.957 bits per heavy atom. The second-order valence-electron chi connectivity index (χ2n) is 4.86. The molecular formula is C14H17O9-. The van der Waals surface area contributed by atoms with Crippen molar-refractivity contribution in [3.8, 4) is 0 Å². The minimum atomic E-state index is -2.00. The van der Waals surface area contributed by atoms with Crippen molar-refractivity contribution < 1.29 is 43.2 Å². The van der Waals surface area contributed by atoms with Gasteiger partial charge in [-0.25, -0.2) is 4.79 Å². The Morgan fingerprint density at radius 3 is 1.87 bits per heavy atom. The summed E-state index contributed by atoms with van der Waals surface area (Å²) < 4.78 is 18.2. The summed E-state index contributed by atoms with van der Waals surface area (Å²) >= 11 is 0. The van der Waals surface area contributed by atoms with Gasteiger partial charge in [0.25, 0.3) is 0 Å². The predicted octanol–water partition coefficient (Wildman–Crippen LogP) is -1.31. The lowest BCUT2D eigenvalue weighted by atomic mass is 9.69. The molecule has 0 fully saturated rings. The molecule has 0 saturated carbocycles. The summed E-state index contributed by atoms with van der Waals surface area (Å²) in [6.45, 7) is 0. The van der Waals surface area contributed by atoms with Gasteiger partial charge in [0.15, 0.2) is 5.41 Å². The summed E-state index contributed by atoms with van der Waals surface area (Å²) in [5.41, 5.74) is -2.50. The van der Waals surface area contributed by atoms with Crippen molar-refractivity contribution in [1.29, 1.82) is 0 Å². The lowest BCUT2D eigenvalue weighted by molar-refractivity contribution is -0.319. The summed E-state index contributed by atoms with van der Waals surface area (Å²) in [5.74, 6) is -6.43. The molecule has 0 bridgehead atoms. The molecule has 0 saturated heterocycles. The molecule has 0 spiro atoms. The zero-order chi connectivity index (χ0) is 17.8. The highest BCUT2D eigenvalue weighted by Gasteiger charge is 2.55. The summed E-state index contributed by atoms with van der Waals surface area (Å²) in [5, 5.41) is 12.3. The highest BCUT2D eigenvalue weighted by atomic mass is 16.5. The molecule has 1 aliphatic carbocycles. The number of esters is 4. The number of hydrogen-bond donors (Lipinski definition) is 0. The van der Waals surface area contributed by atoms with Crippen LogP contribution in [-0.4, -0.2) is 52.3 Å². The van der Waals surface area contributed by atoms with Crippen molar-refractivity contribution in [1.82, 2.24) is 0 Å². The number of carbonyl (C=O) groups excluding carboxylic acids is 4.